The highest BCUT2D eigenvalue weighted by Gasteiger charge is 2.15. The van der Waals surface area contributed by atoms with Gasteiger partial charge in [-0.05, 0) is 43.3 Å². The number of carbonyl (C=O) groups is 1. The van der Waals surface area contributed by atoms with Crippen LogP contribution in [0, 0.1) is 6.92 Å². The first-order valence-corrected chi connectivity index (χ1v) is 8.64. The largest absolute Gasteiger partial charge is 0.493 e. The molecule has 2 heterocycles. The van der Waals surface area contributed by atoms with Crippen molar-refractivity contribution in [3.63, 3.8) is 0 Å². The summed E-state index contributed by atoms with van der Waals surface area (Å²) >= 11 is 0. The number of aromatic carboxylic acids is 1. The Morgan fingerprint density at radius 3 is 2.38 bits per heavy atom. The Labute approximate surface area is 166 Å². The summed E-state index contributed by atoms with van der Waals surface area (Å²) in [5, 5.41) is 9.12. The Morgan fingerprint density at radius 1 is 1.03 bits per heavy atom. The maximum absolute atomic E-state index is 12.7. The standard InChI is InChI=1S/C21H20N2O6/c1-12-15(22-17-10-7-14(21(25)26)11-23(17)20(12)24)8-5-13-6-9-16(27-2)19(29-4)18(13)28-3/h5-11H,1-4H3,(H,25,26)/b8-5+. The predicted molar refractivity (Wildman–Crippen MR) is 108 cm³/mol. The summed E-state index contributed by atoms with van der Waals surface area (Å²) in [5.74, 6) is 0.376. The lowest BCUT2D eigenvalue weighted by Gasteiger charge is -2.14. The fourth-order valence-corrected chi connectivity index (χ4v) is 2.96. The van der Waals surface area contributed by atoms with Crippen molar-refractivity contribution in [2.75, 3.05) is 21.3 Å². The molecule has 8 heteroatoms. The molecule has 0 radical (unpaired) electrons. The highest BCUT2D eigenvalue weighted by molar-refractivity contribution is 5.87. The molecule has 0 saturated heterocycles. The lowest BCUT2D eigenvalue weighted by molar-refractivity contribution is 0.0696. The summed E-state index contributed by atoms with van der Waals surface area (Å²) in [5.41, 5.74) is 1.60. The number of benzene rings is 1. The lowest BCUT2D eigenvalue weighted by atomic mass is 10.1. The van der Waals surface area contributed by atoms with Crippen molar-refractivity contribution in [1.82, 2.24) is 9.38 Å². The Balaban J connectivity index is 2.10. The van der Waals surface area contributed by atoms with Gasteiger partial charge in [-0.2, -0.15) is 0 Å². The van der Waals surface area contributed by atoms with Gasteiger partial charge in [0, 0.05) is 17.3 Å². The van der Waals surface area contributed by atoms with E-state index in [-0.39, 0.29) is 11.1 Å². The van der Waals surface area contributed by atoms with Crippen LogP contribution in [0.4, 0.5) is 0 Å². The number of fused-ring (bicyclic) bond motifs is 1. The van der Waals surface area contributed by atoms with Crippen molar-refractivity contribution in [1.29, 1.82) is 0 Å². The lowest BCUT2D eigenvalue weighted by Crippen LogP contribution is -2.20. The molecule has 0 fully saturated rings. The summed E-state index contributed by atoms with van der Waals surface area (Å²) in [6.07, 6.45) is 4.73. The molecule has 29 heavy (non-hydrogen) atoms. The van der Waals surface area contributed by atoms with E-state index in [2.05, 4.69) is 4.98 Å². The van der Waals surface area contributed by atoms with Crippen molar-refractivity contribution < 1.29 is 24.1 Å². The quantitative estimate of drug-likeness (QED) is 0.684. The molecule has 150 valence electrons. The van der Waals surface area contributed by atoms with Crippen LogP contribution in [0.2, 0.25) is 0 Å². The number of methoxy groups -OCH3 is 3. The number of hydrogen-bond donors (Lipinski definition) is 1. The Morgan fingerprint density at radius 2 is 1.76 bits per heavy atom. The van der Waals surface area contributed by atoms with Crippen LogP contribution in [0.5, 0.6) is 17.2 Å². The van der Waals surface area contributed by atoms with Crippen molar-refractivity contribution in [2.45, 2.75) is 6.92 Å². The molecule has 0 atom stereocenters. The summed E-state index contributed by atoms with van der Waals surface area (Å²) in [6, 6.07) is 6.46. The van der Waals surface area contributed by atoms with Gasteiger partial charge < -0.3 is 19.3 Å². The number of carboxylic acids is 1. The van der Waals surface area contributed by atoms with E-state index in [1.807, 2.05) is 0 Å². The number of aromatic nitrogens is 2. The number of ether oxygens (including phenoxy) is 3. The second-order valence-corrected chi connectivity index (χ2v) is 6.14. The van der Waals surface area contributed by atoms with Crippen LogP contribution in [0.3, 0.4) is 0 Å². The van der Waals surface area contributed by atoms with Gasteiger partial charge in [0.1, 0.15) is 5.65 Å². The molecule has 3 aromatic rings. The molecule has 0 saturated carbocycles. The monoisotopic (exact) mass is 396 g/mol. The van der Waals surface area contributed by atoms with Gasteiger partial charge in [-0.3, -0.25) is 9.20 Å². The zero-order valence-electron chi connectivity index (χ0n) is 16.4. The summed E-state index contributed by atoms with van der Waals surface area (Å²) < 4.78 is 17.3. The van der Waals surface area contributed by atoms with Gasteiger partial charge in [-0.1, -0.05) is 0 Å². The summed E-state index contributed by atoms with van der Waals surface area (Å²) in [7, 11) is 4.59. The van der Waals surface area contributed by atoms with Gasteiger partial charge in [0.15, 0.2) is 11.5 Å². The van der Waals surface area contributed by atoms with Gasteiger partial charge in [0.25, 0.3) is 5.56 Å². The zero-order valence-corrected chi connectivity index (χ0v) is 16.4. The van der Waals surface area contributed by atoms with Crippen molar-refractivity contribution in [2.24, 2.45) is 0 Å². The third-order valence-electron chi connectivity index (χ3n) is 4.49. The molecule has 0 spiro atoms. The van der Waals surface area contributed by atoms with E-state index in [0.717, 1.165) is 0 Å². The zero-order chi connectivity index (χ0) is 21.1. The van der Waals surface area contributed by atoms with Crippen molar-refractivity contribution in [3.8, 4) is 17.2 Å². The molecule has 0 amide bonds. The van der Waals surface area contributed by atoms with E-state index in [0.29, 0.717) is 39.7 Å². The third kappa shape index (κ3) is 3.64. The first kappa shape index (κ1) is 19.9. The van der Waals surface area contributed by atoms with Crippen molar-refractivity contribution in [3.05, 3.63) is 63.2 Å². The van der Waals surface area contributed by atoms with Crippen LogP contribution in [0.1, 0.15) is 27.2 Å². The molecule has 0 unspecified atom stereocenters. The topological polar surface area (TPSA) is 99.4 Å². The minimum Gasteiger partial charge on any atom is -0.493 e. The number of carboxylic acid groups (broad SMARTS) is 1. The van der Waals surface area contributed by atoms with E-state index in [1.54, 1.807) is 38.3 Å². The Bertz CT molecular complexity index is 1180. The molecule has 1 N–H and O–H groups in total. The maximum atomic E-state index is 12.7. The highest BCUT2D eigenvalue weighted by Crippen LogP contribution is 2.40. The van der Waals surface area contributed by atoms with Crippen LogP contribution in [0.25, 0.3) is 17.8 Å². The molecule has 0 aliphatic heterocycles. The first-order chi connectivity index (χ1) is 13.9. The van der Waals surface area contributed by atoms with Crippen molar-refractivity contribution >= 4 is 23.8 Å². The number of nitrogens with zero attached hydrogens (tertiary/aromatic N) is 2. The van der Waals surface area contributed by atoms with E-state index < -0.39 is 5.97 Å². The predicted octanol–water partition coefficient (Wildman–Crippen LogP) is 2.90. The van der Waals surface area contributed by atoms with Crippen LogP contribution < -0.4 is 19.8 Å². The molecular formula is C21H20N2O6. The van der Waals surface area contributed by atoms with Crippen LogP contribution in [-0.2, 0) is 0 Å². The fourth-order valence-electron chi connectivity index (χ4n) is 2.96. The number of rotatable bonds is 6. The molecule has 1 aromatic carbocycles. The minimum atomic E-state index is -1.11. The molecule has 8 nitrogen and oxygen atoms in total. The maximum Gasteiger partial charge on any atom is 0.337 e. The number of hydrogen-bond acceptors (Lipinski definition) is 6. The van der Waals surface area contributed by atoms with Gasteiger partial charge in [-0.15, -0.1) is 0 Å². The highest BCUT2D eigenvalue weighted by atomic mass is 16.5. The Hall–Kier alpha value is -3.81. The van der Waals surface area contributed by atoms with Gasteiger partial charge in [0.2, 0.25) is 5.75 Å². The summed E-state index contributed by atoms with van der Waals surface area (Å²) in [4.78, 5) is 28.3. The molecule has 0 bridgehead atoms. The van der Waals surface area contributed by atoms with Gasteiger partial charge in [-0.25, -0.2) is 9.78 Å². The van der Waals surface area contributed by atoms with Crippen LogP contribution in [0.15, 0.2) is 35.3 Å². The molecule has 0 aliphatic carbocycles. The molecule has 0 aliphatic rings. The van der Waals surface area contributed by atoms with E-state index in [4.69, 9.17) is 19.3 Å². The van der Waals surface area contributed by atoms with Crippen LogP contribution >= 0.6 is 0 Å². The Kier molecular flexibility index (Phi) is 5.54. The molecule has 3 rings (SSSR count). The van der Waals surface area contributed by atoms with E-state index in [9.17, 15) is 9.59 Å². The average Bonchev–Trinajstić information content (AvgIpc) is 2.73. The smallest absolute Gasteiger partial charge is 0.337 e. The van der Waals surface area contributed by atoms with Gasteiger partial charge in [0.05, 0.1) is 32.6 Å². The third-order valence-corrected chi connectivity index (χ3v) is 4.49. The first-order valence-electron chi connectivity index (χ1n) is 8.64. The normalized spacial score (nSPS) is 11.0. The van der Waals surface area contributed by atoms with Gasteiger partial charge >= 0.3 is 5.97 Å². The SMILES string of the molecule is COc1ccc(/C=C/c2nc3ccc(C(=O)O)cn3c(=O)c2C)c(OC)c1OC. The minimum absolute atomic E-state index is 0.0131. The molecular weight excluding hydrogens is 376 g/mol. The van der Waals surface area contributed by atoms with Crippen LogP contribution in [-0.4, -0.2) is 41.8 Å². The molecule has 2 aromatic heterocycles. The van der Waals surface area contributed by atoms with E-state index in [1.165, 1.54) is 36.9 Å². The average molecular weight is 396 g/mol. The second kappa shape index (κ2) is 8.05. The fraction of sp³-hybridized carbons (Fsp3) is 0.190. The summed E-state index contributed by atoms with van der Waals surface area (Å²) in [6.45, 7) is 1.64. The second-order valence-electron chi connectivity index (χ2n) is 6.14. The van der Waals surface area contributed by atoms with E-state index >= 15 is 0 Å². The number of pyridine rings is 1.